The van der Waals surface area contributed by atoms with Crippen LogP contribution in [0, 0.1) is 5.82 Å². The van der Waals surface area contributed by atoms with Crippen LogP contribution in [0.15, 0.2) is 18.3 Å². The molecule has 1 aromatic heterocycles. The minimum Gasteiger partial charge on any atom is -0.395 e. The Kier molecular flexibility index (Phi) is 1.30. The van der Waals surface area contributed by atoms with Crippen LogP contribution in [0.25, 0.3) is 10.9 Å². The van der Waals surface area contributed by atoms with Crippen LogP contribution in [-0.4, -0.2) is 9.78 Å². The van der Waals surface area contributed by atoms with Crippen molar-refractivity contribution in [3.05, 3.63) is 24.1 Å². The van der Waals surface area contributed by atoms with Gasteiger partial charge in [-0.05, 0) is 12.1 Å². The summed E-state index contributed by atoms with van der Waals surface area (Å²) in [5, 5.41) is 4.88. The average Bonchev–Trinajstić information content (AvgIpc) is 2.39. The quantitative estimate of drug-likeness (QED) is 0.598. The first-order chi connectivity index (χ1) is 5.68. The second-order valence-corrected chi connectivity index (χ2v) is 2.70. The molecule has 0 aliphatic carbocycles. The molecule has 2 rings (SSSR count). The lowest BCUT2D eigenvalue weighted by Crippen LogP contribution is -1.92. The van der Waals surface area contributed by atoms with Crippen molar-refractivity contribution in [3.63, 3.8) is 0 Å². The maximum Gasteiger partial charge on any atom is 0.148 e. The second kappa shape index (κ2) is 2.20. The van der Waals surface area contributed by atoms with Crippen LogP contribution in [0.3, 0.4) is 0 Å². The van der Waals surface area contributed by atoms with Crippen molar-refractivity contribution in [3.8, 4) is 0 Å². The van der Waals surface area contributed by atoms with Gasteiger partial charge in [0.05, 0.1) is 5.69 Å². The summed E-state index contributed by atoms with van der Waals surface area (Å²) in [6.07, 6.45) is 1.80. The van der Waals surface area contributed by atoms with Crippen molar-refractivity contribution in [2.24, 2.45) is 7.05 Å². The fourth-order valence-corrected chi connectivity index (χ4v) is 1.20. The van der Waals surface area contributed by atoms with Crippen LogP contribution in [0.5, 0.6) is 0 Å². The van der Waals surface area contributed by atoms with Gasteiger partial charge in [-0.15, -0.1) is 0 Å². The summed E-state index contributed by atoms with van der Waals surface area (Å²) in [6.45, 7) is 0. The monoisotopic (exact) mass is 165 g/mol. The molecule has 62 valence electrons. The number of hydrogen-bond donors (Lipinski definition) is 1. The van der Waals surface area contributed by atoms with E-state index in [0.717, 1.165) is 5.39 Å². The first-order valence-electron chi connectivity index (χ1n) is 3.56. The number of hydrogen-bond acceptors (Lipinski definition) is 2. The Hall–Kier alpha value is -1.58. The summed E-state index contributed by atoms with van der Waals surface area (Å²) in [6, 6.07) is 3.01. The van der Waals surface area contributed by atoms with Crippen molar-refractivity contribution in [1.82, 2.24) is 9.78 Å². The summed E-state index contributed by atoms with van der Waals surface area (Å²) in [5.74, 6) is -0.416. The van der Waals surface area contributed by atoms with Crippen LogP contribution in [0.1, 0.15) is 0 Å². The molecule has 1 heterocycles. The number of nitrogens with zero attached hydrogens (tertiary/aromatic N) is 2. The molecule has 1 aromatic carbocycles. The normalized spacial score (nSPS) is 10.8. The number of nitrogen functional groups attached to an aromatic ring is 1. The summed E-state index contributed by atoms with van der Waals surface area (Å²) < 4.78 is 14.5. The van der Waals surface area contributed by atoms with E-state index < -0.39 is 5.82 Å². The van der Waals surface area contributed by atoms with Gasteiger partial charge in [0.15, 0.2) is 0 Å². The maximum absolute atomic E-state index is 12.9. The van der Waals surface area contributed by atoms with E-state index >= 15 is 0 Å². The number of rotatable bonds is 0. The highest BCUT2D eigenvalue weighted by atomic mass is 19.1. The zero-order valence-electron chi connectivity index (χ0n) is 6.58. The molecule has 2 aromatic rings. The third-order valence-corrected chi connectivity index (χ3v) is 1.78. The summed E-state index contributed by atoms with van der Waals surface area (Å²) in [4.78, 5) is 0. The highest BCUT2D eigenvalue weighted by Crippen LogP contribution is 2.21. The predicted octanol–water partition coefficient (Wildman–Crippen LogP) is 1.29. The number of fused-ring (bicyclic) bond motifs is 1. The minimum atomic E-state index is -0.416. The number of aryl methyl sites for hydroxylation is 1. The molecular weight excluding hydrogens is 157 g/mol. The fraction of sp³-hybridized carbons (Fsp3) is 0.125. The third kappa shape index (κ3) is 0.845. The third-order valence-electron chi connectivity index (χ3n) is 1.78. The van der Waals surface area contributed by atoms with Crippen LogP contribution in [0.2, 0.25) is 0 Å². The molecule has 0 saturated carbocycles. The molecule has 0 saturated heterocycles. The Morgan fingerprint density at radius 1 is 1.50 bits per heavy atom. The summed E-state index contributed by atoms with van der Waals surface area (Å²) in [5.41, 5.74) is 6.12. The Balaban J connectivity index is 2.89. The molecule has 0 spiro atoms. The van der Waals surface area contributed by atoms with E-state index in [1.165, 1.54) is 6.07 Å². The van der Waals surface area contributed by atoms with Gasteiger partial charge in [0, 0.05) is 18.6 Å². The standard InChI is InChI=1S/C8H8FN3/c1-12-4-5-2-3-6(9)7(10)8(5)11-12/h2-4H,10H2,1H3. The van der Waals surface area contributed by atoms with Crippen LogP contribution < -0.4 is 5.73 Å². The topological polar surface area (TPSA) is 43.8 Å². The molecule has 0 bridgehead atoms. The molecule has 0 fully saturated rings. The summed E-state index contributed by atoms with van der Waals surface area (Å²) in [7, 11) is 1.78. The molecule has 0 aliphatic rings. The van der Waals surface area contributed by atoms with E-state index in [0.29, 0.717) is 5.52 Å². The minimum absolute atomic E-state index is 0.119. The molecule has 0 amide bonds. The molecular formula is C8H8FN3. The van der Waals surface area contributed by atoms with E-state index in [1.54, 1.807) is 24.0 Å². The van der Waals surface area contributed by atoms with Crippen LogP contribution in [0.4, 0.5) is 10.1 Å². The summed E-state index contributed by atoms with van der Waals surface area (Å²) >= 11 is 0. The first kappa shape index (κ1) is 7.09. The van der Waals surface area contributed by atoms with Gasteiger partial charge in [-0.25, -0.2) is 4.39 Å². The number of nitrogens with two attached hydrogens (primary N) is 1. The number of anilines is 1. The van der Waals surface area contributed by atoms with E-state index in [9.17, 15) is 4.39 Å². The highest BCUT2D eigenvalue weighted by molar-refractivity contribution is 5.89. The Morgan fingerprint density at radius 3 is 3.00 bits per heavy atom. The van der Waals surface area contributed by atoms with Crippen molar-refractivity contribution in [2.45, 2.75) is 0 Å². The number of benzene rings is 1. The van der Waals surface area contributed by atoms with Crippen molar-refractivity contribution in [2.75, 3.05) is 5.73 Å². The largest absolute Gasteiger partial charge is 0.395 e. The van der Waals surface area contributed by atoms with Gasteiger partial charge >= 0.3 is 0 Å². The lowest BCUT2D eigenvalue weighted by molar-refractivity contribution is 0.633. The average molecular weight is 165 g/mol. The van der Waals surface area contributed by atoms with Crippen molar-refractivity contribution >= 4 is 16.6 Å². The molecule has 0 radical (unpaired) electrons. The Morgan fingerprint density at radius 2 is 2.25 bits per heavy atom. The molecule has 3 nitrogen and oxygen atoms in total. The van der Waals surface area contributed by atoms with E-state index in [4.69, 9.17) is 5.73 Å². The van der Waals surface area contributed by atoms with Gasteiger partial charge in [-0.3, -0.25) is 4.68 Å². The van der Waals surface area contributed by atoms with Gasteiger partial charge in [0.25, 0.3) is 0 Å². The fourth-order valence-electron chi connectivity index (χ4n) is 1.20. The zero-order valence-corrected chi connectivity index (χ0v) is 6.58. The Bertz CT molecular complexity index is 433. The van der Waals surface area contributed by atoms with Gasteiger partial charge in [-0.1, -0.05) is 0 Å². The van der Waals surface area contributed by atoms with Crippen molar-refractivity contribution in [1.29, 1.82) is 0 Å². The number of aromatic nitrogens is 2. The highest BCUT2D eigenvalue weighted by Gasteiger charge is 2.06. The van der Waals surface area contributed by atoms with Crippen LogP contribution >= 0.6 is 0 Å². The molecule has 0 unspecified atom stereocenters. The molecule has 2 N–H and O–H groups in total. The lowest BCUT2D eigenvalue weighted by Gasteiger charge is -1.94. The molecule has 12 heavy (non-hydrogen) atoms. The molecule has 4 heteroatoms. The van der Waals surface area contributed by atoms with Gasteiger partial charge in [0.1, 0.15) is 11.3 Å². The zero-order chi connectivity index (χ0) is 8.72. The lowest BCUT2D eigenvalue weighted by atomic mass is 10.2. The number of halogens is 1. The maximum atomic E-state index is 12.9. The van der Waals surface area contributed by atoms with Gasteiger partial charge < -0.3 is 5.73 Å². The smallest absolute Gasteiger partial charge is 0.148 e. The first-order valence-corrected chi connectivity index (χ1v) is 3.56. The van der Waals surface area contributed by atoms with Crippen LogP contribution in [-0.2, 0) is 7.05 Å². The van der Waals surface area contributed by atoms with E-state index in [2.05, 4.69) is 5.10 Å². The van der Waals surface area contributed by atoms with E-state index in [1.807, 2.05) is 0 Å². The molecule has 0 aliphatic heterocycles. The van der Waals surface area contributed by atoms with Gasteiger partial charge in [0.2, 0.25) is 0 Å². The molecule has 0 atom stereocenters. The SMILES string of the molecule is Cn1cc2ccc(F)c(N)c2n1. The second-order valence-electron chi connectivity index (χ2n) is 2.70. The van der Waals surface area contributed by atoms with Gasteiger partial charge in [-0.2, -0.15) is 5.10 Å². The van der Waals surface area contributed by atoms with Crippen molar-refractivity contribution < 1.29 is 4.39 Å². The Labute approximate surface area is 68.6 Å². The predicted molar refractivity (Wildman–Crippen MR) is 45.1 cm³/mol. The van der Waals surface area contributed by atoms with E-state index in [-0.39, 0.29) is 5.69 Å².